The van der Waals surface area contributed by atoms with E-state index in [2.05, 4.69) is 6.92 Å². The molecule has 0 bridgehead atoms. The zero-order chi connectivity index (χ0) is 16.2. The second-order valence-electron chi connectivity index (χ2n) is 5.22. The van der Waals surface area contributed by atoms with Crippen LogP contribution in [-0.4, -0.2) is 12.5 Å². The lowest BCUT2D eigenvalue weighted by Gasteiger charge is -2.06. The van der Waals surface area contributed by atoms with Crippen LogP contribution in [0.25, 0.3) is 6.08 Å². The normalized spacial score (nSPS) is 11.0. The minimum atomic E-state index is -0.717. The Morgan fingerprint density at radius 3 is 2.41 bits per heavy atom. The average Bonchev–Trinajstić information content (AvgIpc) is 2.52. The van der Waals surface area contributed by atoms with Gasteiger partial charge in [0.1, 0.15) is 17.4 Å². The fraction of sp³-hybridized carbons (Fsp3) is 0.444. The number of amides is 1. The molecule has 0 saturated heterocycles. The van der Waals surface area contributed by atoms with Crippen LogP contribution < -0.4 is 10.5 Å². The largest absolute Gasteiger partial charge is 0.494 e. The van der Waals surface area contributed by atoms with Crippen LogP contribution in [0, 0.1) is 11.3 Å². The number of hydrogen-bond acceptors (Lipinski definition) is 3. The van der Waals surface area contributed by atoms with Crippen molar-refractivity contribution in [3.8, 4) is 11.8 Å². The van der Waals surface area contributed by atoms with Crippen molar-refractivity contribution >= 4 is 12.0 Å². The SMILES string of the molecule is CCCCCCCCOc1ccc(C=C(C#N)C(N)=O)cc1. The summed E-state index contributed by atoms with van der Waals surface area (Å²) < 4.78 is 5.67. The Morgan fingerprint density at radius 1 is 1.18 bits per heavy atom. The number of nitrogens with two attached hydrogens (primary N) is 1. The fourth-order valence-corrected chi connectivity index (χ4v) is 2.06. The second-order valence-corrected chi connectivity index (χ2v) is 5.22. The number of hydrogen-bond donors (Lipinski definition) is 1. The molecule has 0 aliphatic carbocycles. The molecule has 0 spiro atoms. The highest BCUT2D eigenvalue weighted by Gasteiger charge is 2.03. The molecule has 1 aromatic rings. The van der Waals surface area contributed by atoms with Crippen molar-refractivity contribution in [1.29, 1.82) is 5.26 Å². The maximum atomic E-state index is 11.0. The van der Waals surface area contributed by atoms with E-state index in [-0.39, 0.29) is 5.57 Å². The van der Waals surface area contributed by atoms with E-state index in [4.69, 9.17) is 15.7 Å². The molecule has 0 heterocycles. The zero-order valence-electron chi connectivity index (χ0n) is 13.2. The second kappa shape index (κ2) is 10.4. The van der Waals surface area contributed by atoms with E-state index in [0.717, 1.165) is 17.7 Å². The van der Waals surface area contributed by atoms with Crippen molar-refractivity contribution in [3.63, 3.8) is 0 Å². The van der Waals surface area contributed by atoms with E-state index in [9.17, 15) is 4.79 Å². The van der Waals surface area contributed by atoms with Crippen molar-refractivity contribution in [1.82, 2.24) is 0 Å². The van der Waals surface area contributed by atoms with Gasteiger partial charge in [0, 0.05) is 0 Å². The Bertz CT molecular complexity index is 527. The van der Waals surface area contributed by atoms with Crippen molar-refractivity contribution in [2.75, 3.05) is 6.61 Å². The topological polar surface area (TPSA) is 76.1 Å². The smallest absolute Gasteiger partial charge is 0.259 e. The molecule has 1 rings (SSSR count). The van der Waals surface area contributed by atoms with Gasteiger partial charge in [-0.2, -0.15) is 5.26 Å². The maximum Gasteiger partial charge on any atom is 0.259 e. The molecule has 4 nitrogen and oxygen atoms in total. The van der Waals surface area contributed by atoms with Crippen molar-refractivity contribution in [2.45, 2.75) is 45.4 Å². The van der Waals surface area contributed by atoms with Crippen LogP contribution in [0.1, 0.15) is 51.0 Å². The Labute approximate surface area is 132 Å². The van der Waals surface area contributed by atoms with Crippen LogP contribution in [-0.2, 0) is 4.79 Å². The number of carbonyl (C=O) groups excluding carboxylic acids is 1. The van der Waals surface area contributed by atoms with Gasteiger partial charge in [0.2, 0.25) is 0 Å². The number of carbonyl (C=O) groups is 1. The van der Waals surface area contributed by atoms with Crippen molar-refractivity contribution < 1.29 is 9.53 Å². The lowest BCUT2D eigenvalue weighted by molar-refractivity contribution is -0.114. The predicted molar refractivity (Wildman–Crippen MR) is 88.1 cm³/mol. The first-order valence-electron chi connectivity index (χ1n) is 7.82. The summed E-state index contributed by atoms with van der Waals surface area (Å²) in [6.45, 7) is 2.93. The summed E-state index contributed by atoms with van der Waals surface area (Å²) in [4.78, 5) is 11.0. The molecule has 4 heteroatoms. The lowest BCUT2D eigenvalue weighted by Crippen LogP contribution is -2.12. The highest BCUT2D eigenvalue weighted by molar-refractivity contribution is 6.00. The minimum Gasteiger partial charge on any atom is -0.494 e. The molecule has 118 valence electrons. The van der Waals surface area contributed by atoms with Gasteiger partial charge in [0.15, 0.2) is 0 Å². The molecule has 1 aromatic carbocycles. The molecule has 0 saturated carbocycles. The standard InChI is InChI=1S/C18H24N2O2/c1-2-3-4-5-6-7-12-22-17-10-8-15(9-11-17)13-16(14-19)18(20)21/h8-11,13H,2-7,12H2,1H3,(H2,20,21). The molecular weight excluding hydrogens is 276 g/mol. The molecule has 1 amide bonds. The monoisotopic (exact) mass is 300 g/mol. The van der Waals surface area contributed by atoms with Crippen molar-refractivity contribution in [3.05, 3.63) is 35.4 Å². The third kappa shape index (κ3) is 6.94. The molecule has 0 unspecified atom stereocenters. The van der Waals surface area contributed by atoms with Crippen LogP contribution in [0.4, 0.5) is 0 Å². The molecule has 0 radical (unpaired) electrons. The summed E-state index contributed by atoms with van der Waals surface area (Å²) in [5.74, 6) is 0.0780. The van der Waals surface area contributed by atoms with Crippen LogP contribution in [0.15, 0.2) is 29.8 Å². The van der Waals surface area contributed by atoms with Crippen LogP contribution >= 0.6 is 0 Å². The Balaban J connectivity index is 2.36. The molecule has 0 atom stereocenters. The highest BCUT2D eigenvalue weighted by Crippen LogP contribution is 2.15. The van der Waals surface area contributed by atoms with Gasteiger partial charge in [-0.05, 0) is 30.2 Å². The van der Waals surface area contributed by atoms with Crippen LogP contribution in [0.3, 0.4) is 0 Å². The molecule has 0 aliphatic rings. The zero-order valence-corrected chi connectivity index (χ0v) is 13.2. The Hall–Kier alpha value is -2.28. The van der Waals surface area contributed by atoms with E-state index < -0.39 is 5.91 Å². The van der Waals surface area contributed by atoms with E-state index >= 15 is 0 Å². The number of benzene rings is 1. The van der Waals surface area contributed by atoms with Crippen LogP contribution in [0.5, 0.6) is 5.75 Å². The molecular formula is C18H24N2O2. The van der Waals surface area contributed by atoms with Gasteiger partial charge >= 0.3 is 0 Å². The molecule has 0 aliphatic heterocycles. The third-order valence-corrected chi connectivity index (χ3v) is 3.34. The van der Waals surface area contributed by atoms with Gasteiger partial charge in [-0.3, -0.25) is 4.79 Å². The Kier molecular flexibility index (Phi) is 8.44. The van der Waals surface area contributed by atoms with E-state index in [0.29, 0.717) is 6.61 Å². The summed E-state index contributed by atoms with van der Waals surface area (Å²) >= 11 is 0. The van der Waals surface area contributed by atoms with Gasteiger partial charge in [-0.1, -0.05) is 51.2 Å². The van der Waals surface area contributed by atoms with E-state index in [1.807, 2.05) is 12.1 Å². The van der Waals surface area contributed by atoms with Gasteiger partial charge in [0.25, 0.3) is 5.91 Å². The highest BCUT2D eigenvalue weighted by atomic mass is 16.5. The fourth-order valence-electron chi connectivity index (χ4n) is 2.06. The first kappa shape index (κ1) is 17.8. The molecule has 2 N–H and O–H groups in total. The van der Waals surface area contributed by atoms with Gasteiger partial charge in [0.05, 0.1) is 6.61 Å². The quantitative estimate of drug-likeness (QED) is 0.405. The summed E-state index contributed by atoms with van der Waals surface area (Å²) in [7, 11) is 0. The lowest BCUT2D eigenvalue weighted by atomic mass is 10.1. The summed E-state index contributed by atoms with van der Waals surface area (Å²) in [6.07, 6.45) is 8.88. The average molecular weight is 300 g/mol. The number of nitrogens with zero attached hydrogens (tertiary/aromatic N) is 1. The summed E-state index contributed by atoms with van der Waals surface area (Å²) in [5.41, 5.74) is 5.79. The number of rotatable bonds is 10. The number of primary amides is 1. The van der Waals surface area contributed by atoms with E-state index in [1.165, 1.54) is 38.2 Å². The number of ether oxygens (including phenoxy) is 1. The molecule has 0 aromatic heterocycles. The third-order valence-electron chi connectivity index (χ3n) is 3.34. The van der Waals surface area contributed by atoms with Crippen LogP contribution in [0.2, 0.25) is 0 Å². The first-order valence-corrected chi connectivity index (χ1v) is 7.82. The van der Waals surface area contributed by atoms with Gasteiger partial charge < -0.3 is 10.5 Å². The minimum absolute atomic E-state index is 0.0549. The number of unbranched alkanes of at least 4 members (excludes halogenated alkanes) is 5. The first-order chi connectivity index (χ1) is 10.7. The summed E-state index contributed by atoms with van der Waals surface area (Å²) in [5, 5.41) is 8.79. The van der Waals surface area contributed by atoms with Gasteiger partial charge in [-0.25, -0.2) is 0 Å². The van der Waals surface area contributed by atoms with E-state index in [1.54, 1.807) is 18.2 Å². The summed E-state index contributed by atoms with van der Waals surface area (Å²) in [6, 6.07) is 9.05. The Morgan fingerprint density at radius 2 is 1.82 bits per heavy atom. The van der Waals surface area contributed by atoms with Crippen molar-refractivity contribution in [2.24, 2.45) is 5.73 Å². The molecule has 22 heavy (non-hydrogen) atoms. The molecule has 0 fully saturated rings. The predicted octanol–water partition coefficient (Wildman–Crippen LogP) is 3.82. The van der Waals surface area contributed by atoms with Gasteiger partial charge in [-0.15, -0.1) is 0 Å². The maximum absolute atomic E-state index is 11.0. The number of nitriles is 1.